The van der Waals surface area contributed by atoms with Crippen LogP contribution in [0.3, 0.4) is 0 Å². The average molecular weight is 291 g/mol. The van der Waals surface area contributed by atoms with E-state index < -0.39 is 0 Å². The second-order valence-electron chi connectivity index (χ2n) is 6.27. The topological polar surface area (TPSA) is 37.3 Å². The molecule has 1 aliphatic rings. The van der Waals surface area contributed by atoms with Crippen molar-refractivity contribution >= 4 is 5.91 Å². The molecule has 118 valence electrons. The van der Waals surface area contributed by atoms with Gasteiger partial charge in [0.15, 0.2) is 0 Å². The fraction of sp³-hybridized carbons (Fsp3) is 0.706. The predicted molar refractivity (Wildman–Crippen MR) is 86.8 cm³/mol. The molecule has 2 heterocycles. The Balaban J connectivity index is 2.03. The van der Waals surface area contributed by atoms with Crippen molar-refractivity contribution in [1.29, 1.82) is 0 Å². The molecule has 0 aromatic carbocycles. The Bertz CT molecular complexity index is 486. The first-order valence-electron chi connectivity index (χ1n) is 8.22. The fourth-order valence-electron chi connectivity index (χ4n) is 3.03. The van der Waals surface area contributed by atoms with Crippen LogP contribution in [0.5, 0.6) is 0 Å². The van der Waals surface area contributed by atoms with Crippen molar-refractivity contribution in [1.82, 2.24) is 14.8 Å². The van der Waals surface area contributed by atoms with Gasteiger partial charge in [0.25, 0.3) is 5.91 Å². The van der Waals surface area contributed by atoms with Crippen molar-refractivity contribution < 1.29 is 4.79 Å². The summed E-state index contributed by atoms with van der Waals surface area (Å²) in [5, 5.41) is 3.06. The van der Waals surface area contributed by atoms with Gasteiger partial charge in [0.2, 0.25) is 0 Å². The lowest BCUT2D eigenvalue weighted by molar-refractivity contribution is 0.0938. The number of nitrogens with one attached hydrogen (secondary N) is 1. The van der Waals surface area contributed by atoms with Crippen molar-refractivity contribution in [3.8, 4) is 0 Å². The minimum Gasteiger partial charge on any atom is -0.350 e. The summed E-state index contributed by atoms with van der Waals surface area (Å²) in [6.07, 6.45) is 3.61. The number of carbonyl (C=O) groups excluding carboxylic acids is 1. The summed E-state index contributed by atoms with van der Waals surface area (Å²) < 4.78 is 2.28. The van der Waals surface area contributed by atoms with Crippen LogP contribution in [0.2, 0.25) is 0 Å². The first-order chi connectivity index (χ1) is 10.0. The summed E-state index contributed by atoms with van der Waals surface area (Å²) in [7, 11) is 0. The Morgan fingerprint density at radius 1 is 1.29 bits per heavy atom. The molecule has 1 saturated heterocycles. The van der Waals surface area contributed by atoms with E-state index in [2.05, 4.69) is 35.6 Å². The molecule has 1 unspecified atom stereocenters. The molecule has 0 spiro atoms. The highest BCUT2D eigenvalue weighted by atomic mass is 16.1. The normalized spacial score (nSPS) is 17.1. The molecule has 1 aliphatic heterocycles. The van der Waals surface area contributed by atoms with E-state index in [0.717, 1.165) is 30.8 Å². The Hall–Kier alpha value is -1.29. The SMILES string of the molecule is CCC(C)NC(=O)c1cc(C)n(CCN2CCCC2)c1C. The molecule has 1 amide bonds. The fourth-order valence-corrected chi connectivity index (χ4v) is 3.03. The average Bonchev–Trinajstić information content (AvgIpc) is 3.05. The third kappa shape index (κ3) is 3.88. The van der Waals surface area contributed by atoms with E-state index in [0.29, 0.717) is 0 Å². The van der Waals surface area contributed by atoms with Crippen molar-refractivity contribution in [3.05, 3.63) is 23.0 Å². The molecule has 1 atom stereocenters. The zero-order chi connectivity index (χ0) is 15.4. The highest BCUT2D eigenvalue weighted by Crippen LogP contribution is 2.16. The van der Waals surface area contributed by atoms with E-state index in [9.17, 15) is 4.79 Å². The summed E-state index contributed by atoms with van der Waals surface area (Å²) in [6.45, 7) is 12.8. The molecule has 1 aromatic rings. The summed E-state index contributed by atoms with van der Waals surface area (Å²) in [5.74, 6) is 0.0601. The maximum atomic E-state index is 12.3. The molecule has 1 aromatic heterocycles. The molecule has 1 N–H and O–H groups in total. The number of carbonyl (C=O) groups is 1. The summed E-state index contributed by atoms with van der Waals surface area (Å²) in [4.78, 5) is 14.8. The van der Waals surface area contributed by atoms with Crippen LogP contribution in [0.4, 0.5) is 0 Å². The van der Waals surface area contributed by atoms with Crippen molar-refractivity contribution in [2.24, 2.45) is 0 Å². The first kappa shape index (κ1) is 16.1. The first-order valence-corrected chi connectivity index (χ1v) is 8.22. The van der Waals surface area contributed by atoms with Gasteiger partial charge in [-0.3, -0.25) is 4.79 Å². The van der Waals surface area contributed by atoms with Gasteiger partial charge in [0, 0.05) is 30.5 Å². The Morgan fingerprint density at radius 3 is 2.57 bits per heavy atom. The van der Waals surface area contributed by atoms with E-state index >= 15 is 0 Å². The van der Waals surface area contributed by atoms with Crippen LogP contribution in [0.1, 0.15) is 54.9 Å². The molecule has 2 rings (SSSR count). The molecular weight excluding hydrogens is 262 g/mol. The Morgan fingerprint density at radius 2 is 1.95 bits per heavy atom. The third-order valence-corrected chi connectivity index (χ3v) is 4.65. The predicted octanol–water partition coefficient (Wildman–Crippen LogP) is 2.73. The van der Waals surface area contributed by atoms with E-state index in [1.807, 2.05) is 13.0 Å². The summed E-state index contributed by atoms with van der Waals surface area (Å²) in [6, 6.07) is 2.25. The maximum absolute atomic E-state index is 12.3. The van der Waals surface area contributed by atoms with Gasteiger partial charge in [-0.1, -0.05) is 6.92 Å². The van der Waals surface area contributed by atoms with E-state index in [4.69, 9.17) is 0 Å². The smallest absolute Gasteiger partial charge is 0.253 e. The van der Waals surface area contributed by atoms with Gasteiger partial charge in [0.05, 0.1) is 5.56 Å². The highest BCUT2D eigenvalue weighted by molar-refractivity contribution is 5.95. The summed E-state index contributed by atoms with van der Waals surface area (Å²) in [5.41, 5.74) is 3.10. The molecular formula is C17H29N3O. The molecule has 4 heteroatoms. The van der Waals surface area contributed by atoms with Crippen molar-refractivity contribution in [2.45, 2.75) is 59.5 Å². The van der Waals surface area contributed by atoms with E-state index in [1.165, 1.54) is 31.6 Å². The van der Waals surface area contributed by atoms with Crippen molar-refractivity contribution in [3.63, 3.8) is 0 Å². The third-order valence-electron chi connectivity index (χ3n) is 4.65. The largest absolute Gasteiger partial charge is 0.350 e. The molecule has 0 saturated carbocycles. The lowest BCUT2D eigenvalue weighted by atomic mass is 10.2. The number of amides is 1. The number of hydrogen-bond donors (Lipinski definition) is 1. The zero-order valence-electron chi connectivity index (χ0n) is 13.9. The Kier molecular flexibility index (Phi) is 5.45. The number of rotatable bonds is 6. The lowest BCUT2D eigenvalue weighted by Crippen LogP contribution is -2.32. The standard InChI is InChI=1S/C17H29N3O/c1-5-13(2)18-17(21)16-12-14(3)20(15(16)4)11-10-19-8-6-7-9-19/h12-13H,5-11H2,1-4H3,(H,18,21). The van der Waals surface area contributed by atoms with Gasteiger partial charge in [0.1, 0.15) is 0 Å². The minimum absolute atomic E-state index is 0.0601. The van der Waals surface area contributed by atoms with Crippen LogP contribution in [0, 0.1) is 13.8 Å². The number of aryl methyl sites for hydroxylation is 1. The van der Waals surface area contributed by atoms with Crippen molar-refractivity contribution in [2.75, 3.05) is 19.6 Å². The van der Waals surface area contributed by atoms with Crippen LogP contribution in [-0.4, -0.2) is 41.1 Å². The van der Waals surface area contributed by atoms with Gasteiger partial charge in [-0.25, -0.2) is 0 Å². The summed E-state index contributed by atoms with van der Waals surface area (Å²) >= 11 is 0. The molecule has 0 aliphatic carbocycles. The van der Waals surface area contributed by atoms with E-state index in [1.54, 1.807) is 0 Å². The Labute approximate surface area is 128 Å². The molecule has 4 nitrogen and oxygen atoms in total. The molecule has 0 bridgehead atoms. The molecule has 1 fully saturated rings. The maximum Gasteiger partial charge on any atom is 0.253 e. The van der Waals surface area contributed by atoms with Crippen LogP contribution in [0.25, 0.3) is 0 Å². The zero-order valence-corrected chi connectivity index (χ0v) is 13.9. The monoisotopic (exact) mass is 291 g/mol. The quantitative estimate of drug-likeness (QED) is 0.875. The van der Waals surface area contributed by atoms with Gasteiger partial charge in [-0.15, -0.1) is 0 Å². The number of hydrogen-bond acceptors (Lipinski definition) is 2. The van der Waals surface area contributed by atoms with Gasteiger partial charge < -0.3 is 14.8 Å². The van der Waals surface area contributed by atoms with Gasteiger partial charge in [-0.2, -0.15) is 0 Å². The molecule has 21 heavy (non-hydrogen) atoms. The van der Waals surface area contributed by atoms with E-state index in [-0.39, 0.29) is 11.9 Å². The second-order valence-corrected chi connectivity index (χ2v) is 6.27. The van der Waals surface area contributed by atoms with Gasteiger partial charge in [-0.05, 0) is 59.2 Å². The number of nitrogens with zero attached hydrogens (tertiary/aromatic N) is 2. The lowest BCUT2D eigenvalue weighted by Gasteiger charge is -2.17. The van der Waals surface area contributed by atoms with Crippen LogP contribution in [0.15, 0.2) is 6.07 Å². The number of likely N-dealkylation sites (tertiary alicyclic amines) is 1. The highest BCUT2D eigenvalue weighted by Gasteiger charge is 2.18. The minimum atomic E-state index is 0.0601. The number of aromatic nitrogens is 1. The van der Waals surface area contributed by atoms with Crippen LogP contribution >= 0.6 is 0 Å². The second kappa shape index (κ2) is 7.12. The molecule has 0 radical (unpaired) electrons. The van der Waals surface area contributed by atoms with Gasteiger partial charge >= 0.3 is 0 Å². The van der Waals surface area contributed by atoms with Crippen LogP contribution in [-0.2, 0) is 6.54 Å². The van der Waals surface area contributed by atoms with Crippen LogP contribution < -0.4 is 5.32 Å².